The number of halogens is 4. The van der Waals surface area contributed by atoms with Crippen molar-refractivity contribution < 1.29 is 27.2 Å². The molecule has 0 aliphatic carbocycles. The molecule has 1 N–H and O–H groups in total. The Labute approximate surface area is 270 Å². The number of benzene rings is 3. The molecule has 0 amide bonds. The zero-order chi connectivity index (χ0) is 34.7. The van der Waals surface area contributed by atoms with E-state index in [2.05, 4.69) is 68.9 Å². The number of alkyl halides is 3. The van der Waals surface area contributed by atoms with Crippen LogP contribution in [0.15, 0.2) is 72.8 Å². The molecule has 5 nitrogen and oxygen atoms in total. The Bertz CT molecular complexity index is 1570. The van der Waals surface area contributed by atoms with Crippen LogP contribution >= 0.6 is 0 Å². The molecule has 3 aromatic carbocycles. The number of aromatic nitrogens is 2. The average molecular weight is 640 g/mol. The number of rotatable bonds is 8. The van der Waals surface area contributed by atoms with Crippen molar-refractivity contribution in [3.8, 4) is 0 Å². The van der Waals surface area contributed by atoms with Gasteiger partial charge in [-0.25, -0.2) is 9.07 Å². The highest BCUT2D eigenvalue weighted by Gasteiger charge is 2.31. The minimum Gasteiger partial charge on any atom is -0.373 e. The lowest BCUT2D eigenvalue weighted by Gasteiger charge is -2.21. The molecule has 248 valence electrons. The van der Waals surface area contributed by atoms with E-state index in [1.807, 2.05) is 14.0 Å². The van der Waals surface area contributed by atoms with Crippen LogP contribution in [0.2, 0.25) is 0 Å². The molecule has 0 saturated carbocycles. The van der Waals surface area contributed by atoms with E-state index < -0.39 is 11.7 Å². The Balaban J connectivity index is 0.000000260. The minimum atomic E-state index is -4.40. The smallest absolute Gasteiger partial charge is 0.373 e. The fourth-order valence-corrected chi connectivity index (χ4v) is 4.43. The van der Waals surface area contributed by atoms with Gasteiger partial charge >= 0.3 is 6.18 Å². The summed E-state index contributed by atoms with van der Waals surface area (Å²) in [5, 5.41) is 8.02. The zero-order valence-electron chi connectivity index (χ0n) is 27.9. The number of Topliss-reactive ketones (excluding diaryl/α,β-unsaturated/α-hetero) is 1. The Hall–Kier alpha value is -4.27. The van der Waals surface area contributed by atoms with Gasteiger partial charge in [-0.15, -0.1) is 0 Å². The summed E-state index contributed by atoms with van der Waals surface area (Å²) in [6, 6.07) is 18.8. The maximum absolute atomic E-state index is 12.4. The highest BCUT2D eigenvalue weighted by molar-refractivity contribution is 5.97. The Morgan fingerprint density at radius 1 is 0.957 bits per heavy atom. The van der Waals surface area contributed by atoms with Crippen LogP contribution in [0.5, 0.6) is 0 Å². The van der Waals surface area contributed by atoms with Crippen molar-refractivity contribution in [2.45, 2.75) is 79.4 Å². The van der Waals surface area contributed by atoms with Gasteiger partial charge in [0, 0.05) is 30.2 Å². The van der Waals surface area contributed by atoms with Gasteiger partial charge in [-0.3, -0.25) is 9.59 Å². The molecule has 4 rings (SSSR count). The molecule has 0 bridgehead atoms. The second-order valence-electron chi connectivity index (χ2n) is 12.2. The van der Waals surface area contributed by atoms with E-state index >= 15 is 0 Å². The third-order valence-corrected chi connectivity index (χ3v) is 7.35. The van der Waals surface area contributed by atoms with Gasteiger partial charge in [-0.05, 0) is 101 Å². The van der Waals surface area contributed by atoms with E-state index in [-0.39, 0.29) is 28.6 Å². The summed E-state index contributed by atoms with van der Waals surface area (Å²) in [7, 11) is 1.95. The average Bonchev–Trinajstić information content (AvgIpc) is 3.46. The van der Waals surface area contributed by atoms with E-state index in [4.69, 9.17) is 5.10 Å². The topological polar surface area (TPSA) is 64.0 Å². The summed E-state index contributed by atoms with van der Waals surface area (Å²) in [6.07, 6.45) is -1.08. The summed E-state index contributed by atoms with van der Waals surface area (Å²) in [4.78, 5) is 21.7. The van der Waals surface area contributed by atoms with Crippen LogP contribution in [0.25, 0.3) is 0 Å². The molecule has 0 fully saturated rings. The number of aldehydes is 1. The van der Waals surface area contributed by atoms with E-state index in [0.29, 0.717) is 18.3 Å². The molecule has 0 aliphatic rings. The van der Waals surface area contributed by atoms with E-state index in [1.165, 1.54) is 53.1 Å². The number of nitrogens with one attached hydrogen (secondary N) is 1. The Kier molecular flexibility index (Phi) is 13.9. The van der Waals surface area contributed by atoms with Crippen molar-refractivity contribution in [2.75, 3.05) is 12.4 Å². The van der Waals surface area contributed by atoms with Crippen LogP contribution < -0.4 is 5.32 Å². The van der Waals surface area contributed by atoms with Gasteiger partial charge in [0.15, 0.2) is 5.78 Å². The number of ketones is 1. The standard InChI is InChI=1S/C18H27N3.C12H13F3O.C7H5FO/c1-13-7-8-14(2)15(11-13)9-10-16-12-17(19-6)21(20-16)18(3,4)5;1-3-8(2)11(16)9-5-4-6-10(7-9)12(13,14)15;8-7-3-1-6(5-9)2-4-7/h7-8,11-12,19H,9-10H2,1-6H3;4-8H,3H2,1-2H3;1-5H. The van der Waals surface area contributed by atoms with Gasteiger partial charge in [-0.1, -0.05) is 49.7 Å². The zero-order valence-corrected chi connectivity index (χ0v) is 27.9. The van der Waals surface area contributed by atoms with Crippen LogP contribution in [0, 0.1) is 25.6 Å². The second kappa shape index (κ2) is 16.9. The van der Waals surface area contributed by atoms with E-state index in [0.717, 1.165) is 36.5 Å². The lowest BCUT2D eigenvalue weighted by atomic mass is 9.96. The predicted octanol–water partition coefficient (Wildman–Crippen LogP) is 9.65. The van der Waals surface area contributed by atoms with Gasteiger partial charge < -0.3 is 5.32 Å². The quantitative estimate of drug-likeness (QED) is 0.118. The normalized spacial score (nSPS) is 11.8. The molecule has 1 unspecified atom stereocenters. The molecule has 1 atom stereocenters. The maximum atomic E-state index is 12.4. The van der Waals surface area contributed by atoms with Crippen LogP contribution in [-0.4, -0.2) is 28.9 Å². The van der Waals surface area contributed by atoms with Crippen molar-refractivity contribution >= 4 is 17.9 Å². The lowest BCUT2D eigenvalue weighted by molar-refractivity contribution is -0.137. The number of nitrogens with zero attached hydrogens (tertiary/aromatic N) is 2. The van der Waals surface area contributed by atoms with Gasteiger partial charge in [-0.2, -0.15) is 18.3 Å². The molecular weight excluding hydrogens is 594 g/mol. The summed E-state index contributed by atoms with van der Waals surface area (Å²) in [6.45, 7) is 14.4. The maximum Gasteiger partial charge on any atom is 0.416 e. The summed E-state index contributed by atoms with van der Waals surface area (Å²) in [5.74, 6) is 0.274. The number of hydrogen-bond acceptors (Lipinski definition) is 4. The number of carbonyl (C=O) groups is 2. The van der Waals surface area contributed by atoms with Crippen molar-refractivity contribution in [3.05, 3.63) is 118 Å². The van der Waals surface area contributed by atoms with Gasteiger partial charge in [0.25, 0.3) is 0 Å². The molecule has 1 heterocycles. The largest absolute Gasteiger partial charge is 0.416 e. The Morgan fingerprint density at radius 2 is 1.61 bits per heavy atom. The molecule has 1 aromatic heterocycles. The van der Waals surface area contributed by atoms with Crippen molar-refractivity contribution in [1.82, 2.24) is 9.78 Å². The number of hydrogen-bond donors (Lipinski definition) is 1. The molecule has 0 radical (unpaired) electrons. The summed E-state index contributed by atoms with van der Waals surface area (Å²) in [5.41, 5.74) is 5.11. The fourth-order valence-electron chi connectivity index (χ4n) is 4.43. The molecule has 46 heavy (non-hydrogen) atoms. The highest BCUT2D eigenvalue weighted by Crippen LogP contribution is 2.30. The van der Waals surface area contributed by atoms with E-state index in [1.54, 1.807) is 6.92 Å². The molecule has 0 spiro atoms. The minimum absolute atomic E-state index is 0.00412. The summed E-state index contributed by atoms with van der Waals surface area (Å²) >= 11 is 0. The Morgan fingerprint density at radius 3 is 2.13 bits per heavy atom. The van der Waals surface area contributed by atoms with E-state index in [9.17, 15) is 27.2 Å². The first kappa shape index (κ1) is 37.9. The van der Waals surface area contributed by atoms with Gasteiger partial charge in [0.1, 0.15) is 17.9 Å². The van der Waals surface area contributed by atoms with Crippen molar-refractivity contribution in [1.29, 1.82) is 0 Å². The lowest BCUT2D eigenvalue weighted by Crippen LogP contribution is -2.24. The SMILES string of the molecule is CCC(C)C(=O)c1cccc(C(F)(F)F)c1.CNc1cc(CCc2cc(C)ccc2C)nn1C(C)(C)C.O=Cc1ccc(F)cc1. The van der Waals surface area contributed by atoms with Crippen LogP contribution in [0.1, 0.15) is 89.7 Å². The number of anilines is 1. The molecule has 0 aliphatic heterocycles. The van der Waals surface area contributed by atoms with Crippen molar-refractivity contribution in [2.24, 2.45) is 5.92 Å². The van der Waals surface area contributed by atoms with Crippen LogP contribution in [-0.2, 0) is 24.6 Å². The number of aryl methyl sites for hydroxylation is 4. The first-order valence-electron chi connectivity index (χ1n) is 15.3. The summed E-state index contributed by atoms with van der Waals surface area (Å²) < 4.78 is 51.4. The van der Waals surface area contributed by atoms with Crippen molar-refractivity contribution in [3.63, 3.8) is 0 Å². The first-order chi connectivity index (χ1) is 21.5. The second-order valence-corrected chi connectivity index (χ2v) is 12.2. The van der Waals surface area contributed by atoms with Gasteiger partial charge in [0.2, 0.25) is 0 Å². The van der Waals surface area contributed by atoms with Gasteiger partial charge in [0.05, 0.1) is 16.8 Å². The first-order valence-corrected chi connectivity index (χ1v) is 15.3. The highest BCUT2D eigenvalue weighted by atomic mass is 19.4. The molecule has 4 aromatic rings. The van der Waals surface area contributed by atoms with Crippen LogP contribution in [0.4, 0.5) is 23.4 Å². The predicted molar refractivity (Wildman–Crippen MR) is 177 cm³/mol. The third kappa shape index (κ3) is 11.6. The monoisotopic (exact) mass is 639 g/mol. The molecule has 9 heteroatoms. The molecule has 0 saturated heterocycles. The fraction of sp³-hybridized carbons (Fsp3) is 0.378. The third-order valence-electron chi connectivity index (χ3n) is 7.35. The number of carbonyl (C=O) groups excluding carboxylic acids is 2. The van der Waals surface area contributed by atoms with Crippen LogP contribution in [0.3, 0.4) is 0 Å². The molecular formula is C37H45F4N3O2.